The molecule has 0 aromatic heterocycles. The number of rotatable bonds is 7. The monoisotopic (exact) mass is 416 g/mol. The highest BCUT2D eigenvalue weighted by Crippen LogP contribution is 2.32. The van der Waals surface area contributed by atoms with E-state index < -0.39 is 10.0 Å². The van der Waals surface area contributed by atoms with Crippen LogP contribution in [0.25, 0.3) is 0 Å². The van der Waals surface area contributed by atoms with Gasteiger partial charge in [-0.2, -0.15) is 0 Å². The lowest BCUT2D eigenvalue weighted by Crippen LogP contribution is -2.35. The number of aryl methyl sites for hydroxylation is 2. The van der Waals surface area contributed by atoms with Gasteiger partial charge < -0.3 is 9.64 Å². The Labute approximate surface area is 172 Å². The number of hydrogen-bond donors (Lipinski definition) is 1. The van der Waals surface area contributed by atoms with Crippen molar-refractivity contribution in [3.63, 3.8) is 0 Å². The van der Waals surface area contributed by atoms with E-state index in [1.165, 1.54) is 0 Å². The van der Waals surface area contributed by atoms with Crippen molar-refractivity contribution in [3.05, 3.63) is 47.5 Å². The summed E-state index contributed by atoms with van der Waals surface area (Å²) < 4.78 is 34.0. The number of nitrogens with one attached hydrogen (secondary N) is 1. The number of benzene rings is 2. The Balaban J connectivity index is 1.86. The van der Waals surface area contributed by atoms with Gasteiger partial charge in [-0.1, -0.05) is 19.9 Å². The first-order valence-corrected chi connectivity index (χ1v) is 11.5. The minimum atomic E-state index is -3.75. The Morgan fingerprint density at radius 1 is 1.17 bits per heavy atom. The predicted octanol–water partition coefficient (Wildman–Crippen LogP) is 4.27. The maximum atomic E-state index is 12.9. The summed E-state index contributed by atoms with van der Waals surface area (Å²) in [6, 6.07) is 10.3. The number of ether oxygens (including phenoxy) is 1. The first-order valence-electron chi connectivity index (χ1n) is 10.0. The van der Waals surface area contributed by atoms with E-state index >= 15 is 0 Å². The summed E-state index contributed by atoms with van der Waals surface area (Å²) in [6.07, 6.45) is 3.10. The molecule has 1 amide bonds. The molecule has 1 N–H and O–H groups in total. The van der Waals surface area contributed by atoms with Crippen molar-refractivity contribution >= 4 is 27.3 Å². The Morgan fingerprint density at radius 3 is 2.66 bits per heavy atom. The second-order valence-electron chi connectivity index (χ2n) is 7.23. The Kier molecular flexibility index (Phi) is 6.47. The highest BCUT2D eigenvalue weighted by molar-refractivity contribution is 7.92. The molecule has 0 radical (unpaired) electrons. The minimum Gasteiger partial charge on any atom is -0.493 e. The minimum absolute atomic E-state index is 0.0456. The molecular weight excluding hydrogens is 388 g/mol. The van der Waals surface area contributed by atoms with E-state index in [9.17, 15) is 13.2 Å². The fraction of sp³-hybridized carbons (Fsp3) is 0.409. The van der Waals surface area contributed by atoms with Crippen LogP contribution in [0.15, 0.2) is 41.3 Å². The van der Waals surface area contributed by atoms with Gasteiger partial charge in [0.25, 0.3) is 10.0 Å². The van der Waals surface area contributed by atoms with Crippen LogP contribution in [-0.4, -0.2) is 27.5 Å². The van der Waals surface area contributed by atoms with Crippen LogP contribution in [0.1, 0.15) is 44.2 Å². The molecule has 7 heteroatoms. The van der Waals surface area contributed by atoms with Crippen LogP contribution in [0, 0.1) is 6.92 Å². The van der Waals surface area contributed by atoms with E-state index in [1.807, 2.05) is 26.8 Å². The largest absolute Gasteiger partial charge is 0.493 e. The molecule has 0 saturated carbocycles. The molecule has 0 saturated heterocycles. The molecular formula is C22H28N2O4S. The molecule has 0 spiro atoms. The van der Waals surface area contributed by atoms with Gasteiger partial charge in [0.15, 0.2) is 0 Å². The molecule has 0 aliphatic carbocycles. The number of amides is 1. The summed E-state index contributed by atoms with van der Waals surface area (Å²) >= 11 is 0. The summed E-state index contributed by atoms with van der Waals surface area (Å²) in [7, 11) is -3.75. The van der Waals surface area contributed by atoms with Gasteiger partial charge >= 0.3 is 0 Å². The molecule has 0 bridgehead atoms. The number of anilines is 2. The first-order chi connectivity index (χ1) is 13.9. The number of carbonyl (C=O) groups excluding carboxylic acids is 1. The van der Waals surface area contributed by atoms with E-state index in [0.29, 0.717) is 31.0 Å². The lowest BCUT2D eigenvalue weighted by Gasteiger charge is -2.30. The summed E-state index contributed by atoms with van der Waals surface area (Å²) in [4.78, 5) is 14.2. The quantitative estimate of drug-likeness (QED) is 0.731. The topological polar surface area (TPSA) is 75.7 Å². The molecule has 3 rings (SSSR count). The number of nitrogens with zero attached hydrogens (tertiary/aromatic N) is 1. The lowest BCUT2D eigenvalue weighted by atomic mass is 10.0. The zero-order chi connectivity index (χ0) is 21.0. The second kappa shape index (κ2) is 8.86. The standard InChI is InChI=1S/C22H28N2O4S/c1-4-13-28-21-11-10-19(14-16(21)3)29(26,27)23-18-9-8-17-7-6-12-24(20(17)15-18)22(25)5-2/h8-11,14-15,23H,4-7,12-13H2,1-3H3. The molecule has 156 valence electrons. The lowest BCUT2D eigenvalue weighted by molar-refractivity contribution is -0.118. The smallest absolute Gasteiger partial charge is 0.261 e. The number of sulfonamides is 1. The molecule has 0 atom stereocenters. The van der Waals surface area contributed by atoms with Crippen LogP contribution in [0.5, 0.6) is 5.75 Å². The zero-order valence-corrected chi connectivity index (χ0v) is 18.0. The summed E-state index contributed by atoms with van der Waals surface area (Å²) in [5, 5.41) is 0. The third kappa shape index (κ3) is 4.72. The van der Waals surface area contributed by atoms with Crippen LogP contribution >= 0.6 is 0 Å². The van der Waals surface area contributed by atoms with Gasteiger partial charge in [0.2, 0.25) is 5.91 Å². The van der Waals surface area contributed by atoms with Gasteiger partial charge in [-0.15, -0.1) is 0 Å². The molecule has 1 heterocycles. The molecule has 6 nitrogen and oxygen atoms in total. The fourth-order valence-electron chi connectivity index (χ4n) is 3.47. The van der Waals surface area contributed by atoms with Crippen LogP contribution in [-0.2, 0) is 21.2 Å². The van der Waals surface area contributed by atoms with Gasteiger partial charge in [-0.05, 0) is 67.6 Å². The number of carbonyl (C=O) groups is 1. The summed E-state index contributed by atoms with van der Waals surface area (Å²) in [6.45, 7) is 6.93. The van der Waals surface area contributed by atoms with Crippen LogP contribution in [0.2, 0.25) is 0 Å². The SMILES string of the molecule is CCCOc1ccc(S(=O)(=O)Nc2ccc3c(c2)N(C(=O)CC)CCC3)cc1C. The van der Waals surface area contributed by atoms with Crippen molar-refractivity contribution in [2.75, 3.05) is 22.8 Å². The average molecular weight is 417 g/mol. The molecule has 1 aliphatic rings. The van der Waals surface area contributed by atoms with Crippen LogP contribution < -0.4 is 14.4 Å². The van der Waals surface area contributed by atoms with Gasteiger partial charge in [0.1, 0.15) is 5.75 Å². The van der Waals surface area contributed by atoms with Gasteiger partial charge in [0.05, 0.1) is 17.2 Å². The first kappa shape index (κ1) is 21.2. The Bertz CT molecular complexity index is 1000. The highest BCUT2D eigenvalue weighted by Gasteiger charge is 2.23. The van der Waals surface area contributed by atoms with E-state index in [1.54, 1.807) is 35.2 Å². The fourth-order valence-corrected chi connectivity index (χ4v) is 4.60. The van der Waals surface area contributed by atoms with Crippen molar-refractivity contribution in [1.82, 2.24) is 0 Å². The maximum absolute atomic E-state index is 12.9. The van der Waals surface area contributed by atoms with Crippen molar-refractivity contribution in [2.45, 2.75) is 51.3 Å². The van der Waals surface area contributed by atoms with Crippen molar-refractivity contribution in [1.29, 1.82) is 0 Å². The van der Waals surface area contributed by atoms with E-state index in [-0.39, 0.29) is 10.8 Å². The van der Waals surface area contributed by atoms with Crippen LogP contribution in [0.3, 0.4) is 0 Å². The van der Waals surface area contributed by atoms with Crippen molar-refractivity contribution in [3.8, 4) is 5.75 Å². The molecule has 0 fully saturated rings. The Hall–Kier alpha value is -2.54. The maximum Gasteiger partial charge on any atom is 0.261 e. The Morgan fingerprint density at radius 2 is 1.97 bits per heavy atom. The molecule has 2 aromatic carbocycles. The molecule has 1 aliphatic heterocycles. The third-order valence-electron chi connectivity index (χ3n) is 4.98. The van der Waals surface area contributed by atoms with Gasteiger partial charge in [-0.3, -0.25) is 9.52 Å². The molecule has 29 heavy (non-hydrogen) atoms. The number of fused-ring (bicyclic) bond motifs is 1. The number of hydrogen-bond acceptors (Lipinski definition) is 4. The molecule has 2 aromatic rings. The van der Waals surface area contributed by atoms with Gasteiger partial charge in [0, 0.05) is 18.7 Å². The third-order valence-corrected chi connectivity index (χ3v) is 6.36. The van der Waals surface area contributed by atoms with Crippen LogP contribution in [0.4, 0.5) is 11.4 Å². The second-order valence-corrected chi connectivity index (χ2v) is 8.91. The van der Waals surface area contributed by atoms with Gasteiger partial charge in [-0.25, -0.2) is 8.42 Å². The normalized spacial score (nSPS) is 13.7. The average Bonchev–Trinajstić information content (AvgIpc) is 2.71. The van der Waals surface area contributed by atoms with Crippen molar-refractivity contribution in [2.24, 2.45) is 0 Å². The molecule has 0 unspecified atom stereocenters. The summed E-state index contributed by atoms with van der Waals surface area (Å²) in [5.41, 5.74) is 3.08. The van der Waals surface area contributed by atoms with Crippen molar-refractivity contribution < 1.29 is 17.9 Å². The predicted molar refractivity (Wildman–Crippen MR) is 115 cm³/mol. The van der Waals surface area contributed by atoms with E-state index in [4.69, 9.17) is 4.74 Å². The zero-order valence-electron chi connectivity index (χ0n) is 17.2. The van der Waals surface area contributed by atoms with E-state index in [0.717, 1.165) is 36.1 Å². The highest BCUT2D eigenvalue weighted by atomic mass is 32.2. The summed E-state index contributed by atoms with van der Waals surface area (Å²) in [5.74, 6) is 0.734. The van der Waals surface area contributed by atoms with E-state index in [2.05, 4.69) is 4.72 Å².